The number of unbranched alkanes of at least 4 members (excludes halogenated alkanes) is 6. The third-order valence-corrected chi connectivity index (χ3v) is 5.02. The van der Waals surface area contributed by atoms with Gasteiger partial charge in [0.2, 0.25) is 0 Å². The average molecular weight is 394 g/mol. The molecule has 0 aliphatic rings. The van der Waals surface area contributed by atoms with E-state index >= 15 is 0 Å². The Labute approximate surface area is 166 Å². The number of ether oxygens (including phenoxy) is 1. The molecule has 0 aliphatic carbocycles. The first-order valence-electron chi connectivity index (χ1n) is 9.91. The van der Waals surface area contributed by atoms with Crippen molar-refractivity contribution in [3.8, 4) is 11.1 Å². The molecule has 148 valence electrons. The molecule has 0 bridgehead atoms. The number of nitrogens with one attached hydrogen (secondary N) is 1. The van der Waals surface area contributed by atoms with Gasteiger partial charge in [-0.05, 0) is 37.5 Å². The SMILES string of the molecule is CCCCCCCCCc1ccc(Cl)c(-c2c[nH]c(C(=O)OCC)c2F)c1. The molecule has 1 aromatic carbocycles. The van der Waals surface area contributed by atoms with Crippen LogP contribution in [0.4, 0.5) is 4.39 Å². The normalized spacial score (nSPS) is 11.0. The van der Waals surface area contributed by atoms with Gasteiger partial charge in [0.25, 0.3) is 0 Å². The topological polar surface area (TPSA) is 42.1 Å². The molecule has 3 nitrogen and oxygen atoms in total. The Bertz CT molecular complexity index is 742. The Morgan fingerprint density at radius 1 is 1.07 bits per heavy atom. The van der Waals surface area contributed by atoms with Crippen molar-refractivity contribution in [1.29, 1.82) is 0 Å². The van der Waals surface area contributed by atoms with E-state index in [4.69, 9.17) is 16.3 Å². The van der Waals surface area contributed by atoms with E-state index in [-0.39, 0.29) is 12.3 Å². The van der Waals surface area contributed by atoms with Crippen LogP contribution in [0.2, 0.25) is 5.02 Å². The lowest BCUT2D eigenvalue weighted by atomic mass is 10.0. The predicted molar refractivity (Wildman–Crippen MR) is 109 cm³/mol. The van der Waals surface area contributed by atoms with Gasteiger partial charge in [0.15, 0.2) is 11.5 Å². The molecule has 0 radical (unpaired) electrons. The number of carbonyl (C=O) groups is 1. The Hall–Kier alpha value is -1.81. The van der Waals surface area contributed by atoms with Crippen molar-refractivity contribution in [1.82, 2.24) is 4.98 Å². The number of halogens is 2. The van der Waals surface area contributed by atoms with E-state index < -0.39 is 11.8 Å². The lowest BCUT2D eigenvalue weighted by Gasteiger charge is -2.07. The smallest absolute Gasteiger partial charge is 0.357 e. The third-order valence-electron chi connectivity index (χ3n) is 4.69. The van der Waals surface area contributed by atoms with Crippen LogP contribution >= 0.6 is 11.6 Å². The first-order valence-corrected chi connectivity index (χ1v) is 10.3. The summed E-state index contributed by atoms with van der Waals surface area (Å²) >= 11 is 6.29. The van der Waals surface area contributed by atoms with Crippen molar-refractivity contribution in [2.75, 3.05) is 6.61 Å². The molecule has 0 fully saturated rings. The minimum atomic E-state index is -0.698. The summed E-state index contributed by atoms with van der Waals surface area (Å²) in [4.78, 5) is 14.5. The summed E-state index contributed by atoms with van der Waals surface area (Å²) in [5.74, 6) is -1.32. The van der Waals surface area contributed by atoms with Crippen LogP contribution in [-0.2, 0) is 11.2 Å². The second-order valence-electron chi connectivity index (χ2n) is 6.80. The number of carbonyl (C=O) groups excluding carboxylic acids is 1. The summed E-state index contributed by atoms with van der Waals surface area (Å²) in [6.07, 6.45) is 11.2. The first kappa shape index (κ1) is 21.5. The number of hydrogen-bond acceptors (Lipinski definition) is 2. The Balaban J connectivity index is 2.02. The van der Waals surface area contributed by atoms with E-state index in [2.05, 4.69) is 11.9 Å². The summed E-state index contributed by atoms with van der Waals surface area (Å²) in [5, 5.41) is 0.464. The van der Waals surface area contributed by atoms with Crippen molar-refractivity contribution < 1.29 is 13.9 Å². The molecule has 1 heterocycles. The van der Waals surface area contributed by atoms with Crippen LogP contribution in [0.5, 0.6) is 0 Å². The fourth-order valence-corrected chi connectivity index (χ4v) is 3.39. The Kier molecular flexibility index (Phi) is 8.86. The summed E-state index contributed by atoms with van der Waals surface area (Å²) in [6, 6.07) is 5.70. The number of aromatic nitrogens is 1. The lowest BCUT2D eigenvalue weighted by Crippen LogP contribution is -2.06. The van der Waals surface area contributed by atoms with Crippen LogP contribution < -0.4 is 0 Å². The number of benzene rings is 1. The Morgan fingerprint density at radius 3 is 2.48 bits per heavy atom. The minimum absolute atomic E-state index is 0.166. The van der Waals surface area contributed by atoms with Gasteiger partial charge in [0, 0.05) is 22.3 Å². The molecule has 0 unspecified atom stereocenters. The van der Waals surface area contributed by atoms with Crippen LogP contribution in [0.1, 0.15) is 74.8 Å². The number of aromatic amines is 1. The third kappa shape index (κ3) is 6.10. The van der Waals surface area contributed by atoms with Crippen molar-refractivity contribution in [2.24, 2.45) is 0 Å². The van der Waals surface area contributed by atoms with Gasteiger partial charge in [-0.25, -0.2) is 9.18 Å². The number of hydrogen-bond donors (Lipinski definition) is 1. The molecule has 0 atom stereocenters. The van der Waals surface area contributed by atoms with Crippen molar-refractivity contribution in [2.45, 2.75) is 65.2 Å². The maximum atomic E-state index is 14.7. The molecule has 2 rings (SSSR count). The fourth-order valence-electron chi connectivity index (χ4n) is 3.17. The van der Waals surface area contributed by atoms with Crippen LogP contribution in [0, 0.1) is 5.82 Å². The van der Waals surface area contributed by atoms with E-state index in [1.165, 1.54) is 44.7 Å². The molecular formula is C22H29ClFNO2. The van der Waals surface area contributed by atoms with Crippen LogP contribution in [0.25, 0.3) is 11.1 Å². The minimum Gasteiger partial charge on any atom is -0.461 e. The highest BCUT2D eigenvalue weighted by Crippen LogP contribution is 2.32. The monoisotopic (exact) mass is 393 g/mol. The number of aryl methyl sites for hydroxylation is 1. The van der Waals surface area contributed by atoms with Gasteiger partial charge in [-0.3, -0.25) is 0 Å². The predicted octanol–water partition coefficient (Wildman–Crippen LogP) is 6.94. The molecule has 0 saturated carbocycles. The number of esters is 1. The zero-order valence-corrected chi connectivity index (χ0v) is 17.0. The maximum absolute atomic E-state index is 14.7. The highest BCUT2D eigenvalue weighted by Gasteiger charge is 2.21. The molecule has 0 amide bonds. The molecule has 5 heteroatoms. The second-order valence-corrected chi connectivity index (χ2v) is 7.20. The van der Waals surface area contributed by atoms with Crippen LogP contribution in [-0.4, -0.2) is 17.6 Å². The van der Waals surface area contributed by atoms with Crippen LogP contribution in [0.15, 0.2) is 24.4 Å². The summed E-state index contributed by atoms with van der Waals surface area (Å²) in [6.45, 7) is 4.10. The van der Waals surface area contributed by atoms with E-state index in [1.807, 2.05) is 12.1 Å². The molecule has 0 aliphatic heterocycles. The van der Waals surface area contributed by atoms with E-state index in [1.54, 1.807) is 13.0 Å². The maximum Gasteiger partial charge on any atom is 0.357 e. The zero-order valence-electron chi connectivity index (χ0n) is 16.2. The largest absolute Gasteiger partial charge is 0.461 e. The zero-order chi connectivity index (χ0) is 19.6. The number of rotatable bonds is 11. The molecule has 1 aromatic heterocycles. The highest BCUT2D eigenvalue weighted by atomic mass is 35.5. The van der Waals surface area contributed by atoms with E-state index in [0.29, 0.717) is 16.1 Å². The van der Waals surface area contributed by atoms with Gasteiger partial charge in [-0.2, -0.15) is 0 Å². The first-order chi connectivity index (χ1) is 13.1. The fraction of sp³-hybridized carbons (Fsp3) is 0.500. The number of H-pyrrole nitrogens is 1. The molecule has 2 aromatic rings. The van der Waals surface area contributed by atoms with Gasteiger partial charge in [0.1, 0.15) is 0 Å². The van der Waals surface area contributed by atoms with E-state index in [9.17, 15) is 9.18 Å². The standard InChI is InChI=1S/C22H29ClFNO2/c1-3-5-6-7-8-9-10-11-16-12-13-19(23)17(14-16)18-15-25-21(20(18)24)22(26)27-4-2/h12-15,25H,3-11H2,1-2H3. The molecule has 27 heavy (non-hydrogen) atoms. The molecule has 1 N–H and O–H groups in total. The highest BCUT2D eigenvalue weighted by molar-refractivity contribution is 6.33. The van der Waals surface area contributed by atoms with Crippen molar-refractivity contribution >= 4 is 17.6 Å². The van der Waals surface area contributed by atoms with Gasteiger partial charge >= 0.3 is 5.97 Å². The quantitative estimate of drug-likeness (QED) is 0.331. The summed E-state index contributed by atoms with van der Waals surface area (Å²) in [5.41, 5.74) is 1.85. The van der Waals surface area contributed by atoms with Crippen LogP contribution in [0.3, 0.4) is 0 Å². The lowest BCUT2D eigenvalue weighted by molar-refractivity contribution is 0.0515. The Morgan fingerprint density at radius 2 is 1.78 bits per heavy atom. The summed E-state index contributed by atoms with van der Waals surface area (Å²) < 4.78 is 19.5. The van der Waals surface area contributed by atoms with Crippen molar-refractivity contribution in [3.63, 3.8) is 0 Å². The van der Waals surface area contributed by atoms with Gasteiger partial charge in [0.05, 0.1) is 6.61 Å². The van der Waals surface area contributed by atoms with Gasteiger partial charge in [-0.15, -0.1) is 0 Å². The molecule has 0 saturated heterocycles. The average Bonchev–Trinajstić information content (AvgIpc) is 3.04. The van der Waals surface area contributed by atoms with Crippen molar-refractivity contribution in [3.05, 3.63) is 46.5 Å². The molecule has 0 spiro atoms. The van der Waals surface area contributed by atoms with Gasteiger partial charge in [-0.1, -0.05) is 63.1 Å². The second kappa shape index (κ2) is 11.1. The van der Waals surface area contributed by atoms with E-state index in [0.717, 1.165) is 18.4 Å². The summed E-state index contributed by atoms with van der Waals surface area (Å²) in [7, 11) is 0. The van der Waals surface area contributed by atoms with Gasteiger partial charge < -0.3 is 9.72 Å². The molecular weight excluding hydrogens is 365 g/mol.